The lowest BCUT2D eigenvalue weighted by molar-refractivity contribution is 0.282. The molecule has 1 saturated heterocycles. The Labute approximate surface area is 96.0 Å². The summed E-state index contributed by atoms with van der Waals surface area (Å²) >= 11 is 4.84. The molecular weight excluding hydrogens is 264 g/mol. The van der Waals surface area contributed by atoms with Crippen molar-refractivity contribution in [2.75, 3.05) is 19.7 Å². The van der Waals surface area contributed by atoms with Crippen LogP contribution in [0.2, 0.25) is 0 Å². The maximum Gasteiger partial charge on any atom is 0.274 e. The van der Waals surface area contributed by atoms with Gasteiger partial charge >= 0.3 is 0 Å². The monoisotopic (exact) mass is 276 g/mol. The van der Waals surface area contributed by atoms with Gasteiger partial charge in [0.15, 0.2) is 0 Å². The summed E-state index contributed by atoms with van der Waals surface area (Å²) in [5.74, 6) is 0.790. The lowest BCUT2D eigenvalue weighted by Gasteiger charge is -2.07. The molecule has 5 heteroatoms. The van der Waals surface area contributed by atoms with E-state index in [2.05, 4.69) is 26.2 Å². The van der Waals surface area contributed by atoms with Crippen molar-refractivity contribution in [3.05, 3.63) is 9.98 Å². The largest absolute Gasteiger partial charge is 0.470 e. The maximum absolute atomic E-state index is 5.54. The first kappa shape index (κ1) is 10.4. The van der Waals surface area contributed by atoms with E-state index in [9.17, 15) is 0 Å². The van der Waals surface area contributed by atoms with Crippen LogP contribution in [0.15, 0.2) is 9.98 Å². The summed E-state index contributed by atoms with van der Waals surface area (Å²) in [6.45, 7) is 3.09. The third-order valence-electron chi connectivity index (χ3n) is 2.37. The zero-order valence-corrected chi connectivity index (χ0v) is 10.2. The van der Waals surface area contributed by atoms with Crippen LogP contribution in [0.5, 0.6) is 5.19 Å². The van der Waals surface area contributed by atoms with E-state index in [1.807, 2.05) is 5.38 Å². The number of aromatic nitrogens is 1. The highest BCUT2D eigenvalue weighted by Crippen LogP contribution is 2.22. The molecule has 1 aliphatic rings. The standard InChI is InChI=1S/C9H13BrN2OS/c10-8-6-14-9(12-8)13-4-2-7-1-3-11-5-7/h6-7,11H,1-5H2. The van der Waals surface area contributed by atoms with Gasteiger partial charge in [-0.1, -0.05) is 11.3 Å². The molecule has 0 saturated carbocycles. The molecule has 1 N–H and O–H groups in total. The van der Waals surface area contributed by atoms with E-state index in [1.54, 1.807) is 0 Å². The lowest BCUT2D eigenvalue weighted by atomic mass is 10.1. The van der Waals surface area contributed by atoms with Crippen molar-refractivity contribution in [3.63, 3.8) is 0 Å². The molecule has 3 nitrogen and oxygen atoms in total. The van der Waals surface area contributed by atoms with Gasteiger partial charge in [0.05, 0.1) is 6.61 Å². The second kappa shape index (κ2) is 5.09. The number of nitrogens with one attached hydrogen (secondary N) is 1. The Morgan fingerprint density at radius 2 is 2.64 bits per heavy atom. The zero-order valence-electron chi connectivity index (χ0n) is 7.83. The minimum Gasteiger partial charge on any atom is -0.470 e. The molecule has 0 aromatic carbocycles. The summed E-state index contributed by atoms with van der Waals surface area (Å²) in [5, 5.41) is 6.05. The van der Waals surface area contributed by atoms with Crippen LogP contribution in [0.3, 0.4) is 0 Å². The van der Waals surface area contributed by atoms with Crippen LogP contribution in [0.4, 0.5) is 0 Å². The molecule has 1 aromatic heterocycles. The van der Waals surface area contributed by atoms with E-state index in [1.165, 1.54) is 17.8 Å². The first-order valence-corrected chi connectivity index (χ1v) is 6.46. The van der Waals surface area contributed by atoms with Gasteiger partial charge in [0.2, 0.25) is 0 Å². The van der Waals surface area contributed by atoms with Gasteiger partial charge in [0, 0.05) is 5.38 Å². The average Bonchev–Trinajstić information content (AvgIpc) is 2.77. The Bertz CT molecular complexity index is 286. The van der Waals surface area contributed by atoms with Crippen molar-refractivity contribution >= 4 is 27.3 Å². The van der Waals surface area contributed by atoms with Crippen molar-refractivity contribution in [1.29, 1.82) is 0 Å². The number of halogens is 1. The Morgan fingerprint density at radius 3 is 3.29 bits per heavy atom. The molecule has 0 radical (unpaired) electrons. The number of thiazole rings is 1. The maximum atomic E-state index is 5.54. The fourth-order valence-electron chi connectivity index (χ4n) is 1.58. The molecule has 1 atom stereocenters. The van der Waals surface area contributed by atoms with Crippen LogP contribution < -0.4 is 10.1 Å². The zero-order chi connectivity index (χ0) is 9.80. The topological polar surface area (TPSA) is 34.1 Å². The van der Waals surface area contributed by atoms with Crippen molar-refractivity contribution in [3.8, 4) is 5.19 Å². The van der Waals surface area contributed by atoms with Gasteiger partial charge in [-0.3, -0.25) is 0 Å². The number of rotatable bonds is 4. The molecular formula is C9H13BrN2OS. The van der Waals surface area contributed by atoms with Gasteiger partial charge in [-0.2, -0.15) is 4.98 Å². The average molecular weight is 277 g/mol. The second-order valence-electron chi connectivity index (χ2n) is 3.43. The number of hydrogen-bond donors (Lipinski definition) is 1. The third-order valence-corrected chi connectivity index (χ3v) is 3.83. The van der Waals surface area contributed by atoms with E-state index < -0.39 is 0 Å². The first-order chi connectivity index (χ1) is 6.84. The van der Waals surface area contributed by atoms with Crippen LogP contribution >= 0.6 is 27.3 Å². The Hall–Kier alpha value is -0.130. The third kappa shape index (κ3) is 2.93. The lowest BCUT2D eigenvalue weighted by Crippen LogP contribution is -2.11. The molecule has 0 amide bonds. The molecule has 1 aromatic rings. The van der Waals surface area contributed by atoms with Crippen molar-refractivity contribution in [2.24, 2.45) is 5.92 Å². The van der Waals surface area contributed by atoms with Crippen LogP contribution in [0.1, 0.15) is 12.8 Å². The molecule has 14 heavy (non-hydrogen) atoms. The molecule has 0 bridgehead atoms. The summed E-state index contributed by atoms with van der Waals surface area (Å²) < 4.78 is 6.40. The van der Waals surface area contributed by atoms with Crippen LogP contribution in [0, 0.1) is 5.92 Å². The number of hydrogen-bond acceptors (Lipinski definition) is 4. The van der Waals surface area contributed by atoms with Gasteiger partial charge in [0.25, 0.3) is 5.19 Å². The second-order valence-corrected chi connectivity index (χ2v) is 5.07. The van der Waals surface area contributed by atoms with Crippen LogP contribution in [-0.4, -0.2) is 24.7 Å². The summed E-state index contributed by atoms with van der Waals surface area (Å²) in [6.07, 6.45) is 2.41. The quantitative estimate of drug-likeness (QED) is 0.916. The summed E-state index contributed by atoms with van der Waals surface area (Å²) in [4.78, 5) is 4.17. The van der Waals surface area contributed by atoms with Crippen molar-refractivity contribution in [2.45, 2.75) is 12.8 Å². The summed E-state index contributed by atoms with van der Waals surface area (Å²) in [6, 6.07) is 0. The molecule has 0 aliphatic carbocycles. The number of ether oxygens (including phenoxy) is 1. The van der Waals surface area contributed by atoms with Gasteiger partial charge in [-0.05, 0) is 47.8 Å². The Kier molecular flexibility index (Phi) is 3.78. The molecule has 2 rings (SSSR count). The predicted octanol–water partition coefficient (Wildman–Crippen LogP) is 2.28. The van der Waals surface area contributed by atoms with Gasteiger partial charge in [-0.25, -0.2) is 0 Å². The van der Waals surface area contributed by atoms with Crippen molar-refractivity contribution < 1.29 is 4.74 Å². The fraction of sp³-hybridized carbons (Fsp3) is 0.667. The van der Waals surface area contributed by atoms with Gasteiger partial charge < -0.3 is 10.1 Å². The van der Waals surface area contributed by atoms with Crippen molar-refractivity contribution in [1.82, 2.24) is 10.3 Å². The Balaban J connectivity index is 1.67. The van der Waals surface area contributed by atoms with E-state index in [0.29, 0.717) is 0 Å². The SMILES string of the molecule is Brc1csc(OCCC2CCNC2)n1. The highest BCUT2D eigenvalue weighted by atomic mass is 79.9. The summed E-state index contributed by atoms with van der Waals surface area (Å²) in [5.41, 5.74) is 0. The summed E-state index contributed by atoms with van der Waals surface area (Å²) in [7, 11) is 0. The highest BCUT2D eigenvalue weighted by Gasteiger charge is 2.14. The van der Waals surface area contributed by atoms with E-state index in [4.69, 9.17) is 4.74 Å². The normalized spacial score (nSPS) is 21.4. The minimum atomic E-state index is 0.767. The van der Waals surface area contributed by atoms with Gasteiger partial charge in [-0.15, -0.1) is 0 Å². The molecule has 2 heterocycles. The minimum absolute atomic E-state index is 0.767. The van der Waals surface area contributed by atoms with Gasteiger partial charge in [0.1, 0.15) is 4.60 Å². The first-order valence-electron chi connectivity index (χ1n) is 4.79. The van der Waals surface area contributed by atoms with Crippen LogP contribution in [-0.2, 0) is 0 Å². The molecule has 1 fully saturated rings. The predicted molar refractivity (Wildman–Crippen MR) is 60.9 cm³/mol. The van der Waals surface area contributed by atoms with E-state index >= 15 is 0 Å². The Morgan fingerprint density at radius 1 is 1.71 bits per heavy atom. The molecule has 0 spiro atoms. The smallest absolute Gasteiger partial charge is 0.274 e. The van der Waals surface area contributed by atoms with Crippen LogP contribution in [0.25, 0.3) is 0 Å². The molecule has 78 valence electrons. The highest BCUT2D eigenvalue weighted by molar-refractivity contribution is 9.10. The van der Waals surface area contributed by atoms with E-state index in [0.717, 1.165) is 41.8 Å². The molecule has 1 unspecified atom stereocenters. The number of nitrogens with zero attached hydrogens (tertiary/aromatic N) is 1. The molecule has 1 aliphatic heterocycles. The van der Waals surface area contributed by atoms with E-state index in [-0.39, 0.29) is 0 Å². The fourth-order valence-corrected chi connectivity index (χ4v) is 2.69.